The van der Waals surface area contributed by atoms with Crippen LogP contribution in [0.3, 0.4) is 0 Å². The van der Waals surface area contributed by atoms with E-state index >= 15 is 0 Å². The molecule has 0 atom stereocenters. The van der Waals surface area contributed by atoms with Crippen molar-refractivity contribution in [3.8, 4) is 0 Å². The molecule has 0 saturated carbocycles. The number of carbonyl (C=O) groups excluding carboxylic acids is 2. The number of methoxy groups -OCH3 is 1. The number of ether oxygens (including phenoxy) is 1. The van der Waals surface area contributed by atoms with Crippen LogP contribution >= 0.6 is 0 Å². The molecule has 1 rings (SSSR count). The molecule has 0 aliphatic heterocycles. The van der Waals surface area contributed by atoms with Gasteiger partial charge in [0.1, 0.15) is 11.5 Å². The predicted molar refractivity (Wildman–Crippen MR) is 70.7 cm³/mol. The zero-order valence-corrected chi connectivity index (χ0v) is 11.9. The molecule has 0 unspecified atom stereocenters. The molecule has 0 aromatic carbocycles. The van der Waals surface area contributed by atoms with Crippen molar-refractivity contribution in [1.29, 1.82) is 0 Å². The summed E-state index contributed by atoms with van der Waals surface area (Å²) in [5.41, 5.74) is -0.283. The van der Waals surface area contributed by atoms with Crippen LogP contribution in [-0.4, -0.2) is 25.5 Å². The SMILES string of the molecule is COC(=O)CCC(=O)NCC(C)(C)c1ccc(C)o1. The summed E-state index contributed by atoms with van der Waals surface area (Å²) in [6.45, 7) is 6.33. The highest BCUT2D eigenvalue weighted by molar-refractivity contribution is 5.81. The van der Waals surface area contributed by atoms with Crippen LogP contribution in [0.4, 0.5) is 0 Å². The van der Waals surface area contributed by atoms with Gasteiger partial charge in [-0.15, -0.1) is 0 Å². The van der Waals surface area contributed by atoms with Gasteiger partial charge in [0.15, 0.2) is 0 Å². The molecule has 1 amide bonds. The van der Waals surface area contributed by atoms with Crippen molar-refractivity contribution in [2.75, 3.05) is 13.7 Å². The first-order chi connectivity index (χ1) is 8.85. The Balaban J connectivity index is 2.43. The highest BCUT2D eigenvalue weighted by Gasteiger charge is 2.24. The summed E-state index contributed by atoms with van der Waals surface area (Å²) >= 11 is 0. The standard InChI is InChI=1S/C14H21NO4/c1-10-5-6-11(19-10)14(2,3)9-15-12(16)7-8-13(17)18-4/h5-6H,7-9H2,1-4H3,(H,15,16). The Hall–Kier alpha value is -1.78. The van der Waals surface area contributed by atoms with E-state index in [1.165, 1.54) is 7.11 Å². The number of nitrogens with one attached hydrogen (secondary N) is 1. The third kappa shape index (κ3) is 4.77. The fraction of sp³-hybridized carbons (Fsp3) is 0.571. The van der Waals surface area contributed by atoms with Crippen molar-refractivity contribution in [3.63, 3.8) is 0 Å². The Bertz CT molecular complexity index is 448. The van der Waals surface area contributed by atoms with E-state index in [0.717, 1.165) is 11.5 Å². The van der Waals surface area contributed by atoms with Gasteiger partial charge in [0.05, 0.1) is 13.5 Å². The molecule has 0 bridgehead atoms. The van der Waals surface area contributed by atoms with Crippen molar-refractivity contribution in [2.45, 2.75) is 39.0 Å². The average Bonchev–Trinajstić information content (AvgIpc) is 2.81. The van der Waals surface area contributed by atoms with Crippen LogP contribution in [0.25, 0.3) is 0 Å². The second-order valence-electron chi connectivity index (χ2n) is 5.15. The Kier molecular flexibility index (Phi) is 5.15. The van der Waals surface area contributed by atoms with Crippen LogP contribution in [0.2, 0.25) is 0 Å². The van der Waals surface area contributed by atoms with E-state index in [1.54, 1.807) is 0 Å². The van der Waals surface area contributed by atoms with Gasteiger partial charge in [0.2, 0.25) is 5.91 Å². The van der Waals surface area contributed by atoms with Crippen molar-refractivity contribution >= 4 is 11.9 Å². The molecule has 1 aromatic heterocycles. The van der Waals surface area contributed by atoms with Crippen molar-refractivity contribution in [2.24, 2.45) is 0 Å². The summed E-state index contributed by atoms with van der Waals surface area (Å²) in [6.07, 6.45) is 0.239. The molecule has 106 valence electrons. The van der Waals surface area contributed by atoms with Crippen LogP contribution in [-0.2, 0) is 19.7 Å². The lowest BCUT2D eigenvalue weighted by molar-refractivity contribution is -0.142. The molecule has 5 heteroatoms. The number of carbonyl (C=O) groups is 2. The van der Waals surface area contributed by atoms with Crippen molar-refractivity contribution < 1.29 is 18.7 Å². The van der Waals surface area contributed by atoms with E-state index < -0.39 is 0 Å². The number of hydrogen-bond acceptors (Lipinski definition) is 4. The van der Waals surface area contributed by atoms with Gasteiger partial charge in [0.25, 0.3) is 0 Å². The van der Waals surface area contributed by atoms with Gasteiger partial charge in [-0.1, -0.05) is 13.8 Å². The maximum atomic E-state index is 11.6. The van der Waals surface area contributed by atoms with Gasteiger partial charge in [-0.05, 0) is 19.1 Å². The topological polar surface area (TPSA) is 68.5 Å². The molecule has 0 saturated heterocycles. The lowest BCUT2D eigenvalue weighted by Crippen LogP contribution is -2.36. The van der Waals surface area contributed by atoms with E-state index in [1.807, 2.05) is 32.9 Å². The van der Waals surface area contributed by atoms with Crippen LogP contribution in [0, 0.1) is 6.92 Å². The predicted octanol–water partition coefficient (Wildman–Crippen LogP) is 1.94. The number of rotatable bonds is 6. The van der Waals surface area contributed by atoms with Crippen LogP contribution in [0.5, 0.6) is 0 Å². The lowest BCUT2D eigenvalue weighted by Gasteiger charge is -2.22. The first-order valence-electron chi connectivity index (χ1n) is 6.25. The molecule has 19 heavy (non-hydrogen) atoms. The summed E-state index contributed by atoms with van der Waals surface area (Å²) in [4.78, 5) is 22.5. The lowest BCUT2D eigenvalue weighted by atomic mass is 9.90. The normalized spacial score (nSPS) is 11.2. The fourth-order valence-electron chi connectivity index (χ4n) is 1.61. The first kappa shape index (κ1) is 15.3. The molecule has 0 aliphatic carbocycles. The smallest absolute Gasteiger partial charge is 0.306 e. The van der Waals surface area contributed by atoms with Crippen LogP contribution in [0.15, 0.2) is 16.5 Å². The molecule has 1 aromatic rings. The maximum Gasteiger partial charge on any atom is 0.306 e. The second-order valence-corrected chi connectivity index (χ2v) is 5.15. The van der Waals surface area contributed by atoms with E-state index in [0.29, 0.717) is 6.54 Å². The molecule has 1 N–H and O–H groups in total. The van der Waals surface area contributed by atoms with Gasteiger partial charge < -0.3 is 14.5 Å². The molecule has 5 nitrogen and oxygen atoms in total. The Morgan fingerprint density at radius 2 is 2.00 bits per heavy atom. The third-order valence-corrected chi connectivity index (χ3v) is 2.92. The minimum absolute atomic E-state index is 0.0998. The van der Waals surface area contributed by atoms with Gasteiger partial charge in [0, 0.05) is 18.4 Å². The highest BCUT2D eigenvalue weighted by atomic mass is 16.5. The van der Waals surface area contributed by atoms with E-state index in [4.69, 9.17) is 4.42 Å². The largest absolute Gasteiger partial charge is 0.469 e. The van der Waals surface area contributed by atoms with Crippen molar-refractivity contribution in [1.82, 2.24) is 5.32 Å². The van der Waals surface area contributed by atoms with E-state index in [9.17, 15) is 9.59 Å². The average molecular weight is 267 g/mol. The quantitative estimate of drug-likeness (QED) is 0.800. The van der Waals surface area contributed by atoms with Gasteiger partial charge in [-0.25, -0.2) is 0 Å². The third-order valence-electron chi connectivity index (χ3n) is 2.92. The Labute approximate surface area is 113 Å². The first-order valence-corrected chi connectivity index (χ1v) is 6.25. The van der Waals surface area contributed by atoms with Crippen LogP contribution in [0.1, 0.15) is 38.2 Å². The van der Waals surface area contributed by atoms with E-state index in [-0.39, 0.29) is 30.1 Å². The number of aryl methyl sites for hydroxylation is 1. The highest BCUT2D eigenvalue weighted by Crippen LogP contribution is 2.24. The van der Waals surface area contributed by atoms with Crippen LogP contribution < -0.4 is 5.32 Å². The summed E-state index contributed by atoms with van der Waals surface area (Å²) in [6, 6.07) is 3.81. The number of esters is 1. The molecule has 0 radical (unpaired) electrons. The second kappa shape index (κ2) is 6.41. The summed E-state index contributed by atoms with van der Waals surface area (Å²) in [7, 11) is 1.31. The Morgan fingerprint density at radius 3 is 2.53 bits per heavy atom. The molecular weight excluding hydrogens is 246 g/mol. The molecule has 1 heterocycles. The molecule has 0 aliphatic rings. The minimum Gasteiger partial charge on any atom is -0.469 e. The molecule has 0 spiro atoms. The number of amides is 1. The summed E-state index contributed by atoms with van der Waals surface area (Å²) in [5.74, 6) is 1.14. The van der Waals surface area contributed by atoms with Gasteiger partial charge in [-0.2, -0.15) is 0 Å². The minimum atomic E-state index is -0.379. The summed E-state index contributed by atoms with van der Waals surface area (Å²) < 4.78 is 10.1. The number of hydrogen-bond donors (Lipinski definition) is 1. The monoisotopic (exact) mass is 267 g/mol. The molecular formula is C14H21NO4. The van der Waals surface area contributed by atoms with Gasteiger partial charge >= 0.3 is 5.97 Å². The fourth-order valence-corrected chi connectivity index (χ4v) is 1.61. The summed E-state index contributed by atoms with van der Waals surface area (Å²) in [5, 5.41) is 2.80. The molecule has 0 fully saturated rings. The van der Waals surface area contributed by atoms with Gasteiger partial charge in [-0.3, -0.25) is 9.59 Å². The zero-order valence-electron chi connectivity index (χ0n) is 11.9. The number of furan rings is 1. The van der Waals surface area contributed by atoms with Crippen molar-refractivity contribution in [3.05, 3.63) is 23.7 Å². The Morgan fingerprint density at radius 1 is 1.32 bits per heavy atom. The zero-order chi connectivity index (χ0) is 14.5. The van der Waals surface area contributed by atoms with E-state index in [2.05, 4.69) is 10.1 Å². The maximum absolute atomic E-state index is 11.6.